The van der Waals surface area contributed by atoms with Gasteiger partial charge in [-0.1, -0.05) is 41.4 Å². The highest BCUT2D eigenvalue weighted by molar-refractivity contribution is 6.30. The second-order valence-corrected chi connectivity index (χ2v) is 8.16. The van der Waals surface area contributed by atoms with Gasteiger partial charge in [0, 0.05) is 28.6 Å². The van der Waals surface area contributed by atoms with Gasteiger partial charge in [-0.2, -0.15) is 10.1 Å². The maximum atomic E-state index is 6.60. The minimum Gasteiger partial charge on any atom is -0.480 e. The number of pyridine rings is 1. The number of hydrogen-bond acceptors (Lipinski definition) is 5. The van der Waals surface area contributed by atoms with E-state index in [-0.39, 0.29) is 12.1 Å². The van der Waals surface area contributed by atoms with Crippen LogP contribution in [0.15, 0.2) is 78.9 Å². The van der Waals surface area contributed by atoms with Gasteiger partial charge in [-0.25, -0.2) is 4.68 Å². The Labute approximate surface area is 184 Å². The fourth-order valence-corrected chi connectivity index (χ4v) is 4.59. The lowest BCUT2D eigenvalue weighted by molar-refractivity contribution is 0.223. The molecule has 0 radical (unpaired) electrons. The van der Waals surface area contributed by atoms with Gasteiger partial charge in [0.15, 0.2) is 0 Å². The Morgan fingerprint density at radius 2 is 1.97 bits per heavy atom. The van der Waals surface area contributed by atoms with E-state index in [1.165, 1.54) is 0 Å². The van der Waals surface area contributed by atoms with E-state index in [4.69, 9.17) is 16.3 Å². The van der Waals surface area contributed by atoms with Crippen molar-refractivity contribution >= 4 is 23.2 Å². The second kappa shape index (κ2) is 6.96. The first kappa shape index (κ1) is 18.2. The molecule has 0 saturated carbocycles. The number of aryl methyl sites for hydroxylation is 1. The van der Waals surface area contributed by atoms with Gasteiger partial charge in [-0.3, -0.25) is 4.98 Å². The Morgan fingerprint density at radius 3 is 2.81 bits per heavy atom. The topological polar surface area (TPSA) is 64.9 Å². The lowest BCUT2D eigenvalue weighted by Crippen LogP contribution is -2.32. The number of halogens is 1. The van der Waals surface area contributed by atoms with Crippen LogP contribution < -0.4 is 10.1 Å². The van der Waals surface area contributed by atoms with Crippen molar-refractivity contribution in [1.29, 1.82) is 0 Å². The zero-order valence-electron chi connectivity index (χ0n) is 16.7. The molecule has 1 N–H and O–H groups in total. The molecule has 0 aliphatic carbocycles. The quantitative estimate of drug-likeness (QED) is 0.476. The van der Waals surface area contributed by atoms with Crippen molar-refractivity contribution in [1.82, 2.24) is 19.7 Å². The van der Waals surface area contributed by atoms with Crippen molar-refractivity contribution in [2.45, 2.75) is 19.1 Å². The number of benzene rings is 2. The maximum Gasteiger partial charge on any atom is 0.226 e. The van der Waals surface area contributed by atoms with Crippen molar-refractivity contribution in [2.75, 3.05) is 5.32 Å². The normalized spacial score (nSPS) is 19.0. The molecule has 2 atom stereocenters. The predicted octanol–water partition coefficient (Wildman–Crippen LogP) is 5.19. The smallest absolute Gasteiger partial charge is 0.226 e. The Balaban J connectivity index is 1.65. The summed E-state index contributed by atoms with van der Waals surface area (Å²) >= 11 is 6.35. The highest BCUT2D eigenvalue weighted by Crippen LogP contribution is 2.50. The molecule has 2 aromatic carbocycles. The predicted molar refractivity (Wildman–Crippen MR) is 119 cm³/mol. The van der Waals surface area contributed by atoms with Crippen molar-refractivity contribution in [3.05, 3.63) is 106 Å². The summed E-state index contributed by atoms with van der Waals surface area (Å²) in [5.41, 5.74) is 6.19. The van der Waals surface area contributed by atoms with E-state index >= 15 is 0 Å². The van der Waals surface area contributed by atoms with E-state index in [0.29, 0.717) is 11.0 Å². The Hall–Kier alpha value is -3.64. The van der Waals surface area contributed by atoms with Crippen LogP contribution in [0, 0.1) is 6.92 Å². The first-order chi connectivity index (χ1) is 15.2. The molecule has 152 valence electrons. The molecule has 6 nitrogen and oxygen atoms in total. The SMILES string of the molecule is Cc1ccc2c(c1)C1=C(C(c3cccc(Cl)c3)O2)C(c2cccnc2)n2ncnc2N1. The summed E-state index contributed by atoms with van der Waals surface area (Å²) in [6.07, 6.45) is 4.86. The van der Waals surface area contributed by atoms with Crippen molar-refractivity contribution in [2.24, 2.45) is 0 Å². The van der Waals surface area contributed by atoms with Crippen LogP contribution in [0.5, 0.6) is 5.75 Å². The summed E-state index contributed by atoms with van der Waals surface area (Å²) in [5, 5.41) is 8.70. The van der Waals surface area contributed by atoms with Crippen LogP contribution in [0.3, 0.4) is 0 Å². The second-order valence-electron chi connectivity index (χ2n) is 7.72. The Bertz CT molecular complexity index is 1330. The van der Waals surface area contributed by atoms with Crippen LogP contribution in [-0.4, -0.2) is 19.7 Å². The summed E-state index contributed by atoms with van der Waals surface area (Å²) < 4.78 is 8.49. The van der Waals surface area contributed by atoms with E-state index < -0.39 is 0 Å². The van der Waals surface area contributed by atoms with E-state index in [2.05, 4.69) is 45.5 Å². The summed E-state index contributed by atoms with van der Waals surface area (Å²) in [4.78, 5) is 8.81. The highest BCUT2D eigenvalue weighted by Gasteiger charge is 2.41. The molecule has 0 fully saturated rings. The van der Waals surface area contributed by atoms with E-state index in [0.717, 1.165) is 39.3 Å². The summed E-state index contributed by atoms with van der Waals surface area (Å²) in [6.45, 7) is 2.08. The lowest BCUT2D eigenvalue weighted by Gasteiger charge is -2.39. The van der Waals surface area contributed by atoms with E-state index in [9.17, 15) is 0 Å². The van der Waals surface area contributed by atoms with Crippen LogP contribution in [-0.2, 0) is 0 Å². The van der Waals surface area contributed by atoms with Gasteiger partial charge in [0.05, 0.1) is 5.70 Å². The molecule has 4 heterocycles. The van der Waals surface area contributed by atoms with E-state index in [1.54, 1.807) is 12.5 Å². The number of ether oxygens (including phenoxy) is 1. The number of rotatable bonds is 2. The van der Waals surface area contributed by atoms with Gasteiger partial charge < -0.3 is 10.1 Å². The first-order valence-corrected chi connectivity index (χ1v) is 10.4. The van der Waals surface area contributed by atoms with Gasteiger partial charge in [0.1, 0.15) is 24.2 Å². The third-order valence-corrected chi connectivity index (χ3v) is 5.96. The molecule has 0 saturated heterocycles. The molecule has 2 aromatic heterocycles. The zero-order chi connectivity index (χ0) is 20.9. The molecule has 0 amide bonds. The van der Waals surface area contributed by atoms with Gasteiger partial charge in [-0.15, -0.1) is 0 Å². The number of hydrogen-bond donors (Lipinski definition) is 1. The molecule has 7 heteroatoms. The molecule has 2 aliphatic rings. The number of fused-ring (bicyclic) bond motifs is 3. The van der Waals surface area contributed by atoms with Crippen LogP contribution in [0.1, 0.15) is 34.4 Å². The average molecular weight is 428 g/mol. The molecule has 0 bridgehead atoms. The minimum atomic E-state index is -0.348. The number of aromatic nitrogens is 4. The zero-order valence-corrected chi connectivity index (χ0v) is 17.4. The van der Waals surface area contributed by atoms with Gasteiger partial charge in [0.2, 0.25) is 5.95 Å². The standard InChI is InChI=1S/C24H18ClN5O/c1-14-7-8-19-18(10-14)21-20(23(31-19)15-4-2-6-17(25)11-15)22(16-5-3-9-26-12-16)30-24(29-21)27-13-28-30/h2-13,22-23H,1H3,(H,27,28,29). The molecule has 2 unspecified atom stereocenters. The van der Waals surface area contributed by atoms with Crippen molar-refractivity contribution in [3.63, 3.8) is 0 Å². The van der Waals surface area contributed by atoms with Gasteiger partial charge in [0.25, 0.3) is 0 Å². The third kappa shape index (κ3) is 2.91. The number of nitrogens with zero attached hydrogens (tertiary/aromatic N) is 4. The van der Waals surface area contributed by atoms with Gasteiger partial charge >= 0.3 is 0 Å². The Kier molecular flexibility index (Phi) is 4.07. The average Bonchev–Trinajstić information content (AvgIpc) is 3.26. The molecular formula is C24H18ClN5O. The third-order valence-electron chi connectivity index (χ3n) is 5.72. The summed E-state index contributed by atoms with van der Waals surface area (Å²) in [7, 11) is 0. The largest absolute Gasteiger partial charge is 0.480 e. The highest BCUT2D eigenvalue weighted by atomic mass is 35.5. The maximum absolute atomic E-state index is 6.60. The Morgan fingerprint density at radius 1 is 1.06 bits per heavy atom. The molecule has 0 spiro atoms. The number of anilines is 1. The van der Waals surface area contributed by atoms with Crippen LogP contribution >= 0.6 is 11.6 Å². The monoisotopic (exact) mass is 427 g/mol. The molecule has 6 rings (SSSR count). The summed E-state index contributed by atoms with van der Waals surface area (Å²) in [5.74, 6) is 1.51. The minimum absolute atomic E-state index is 0.222. The van der Waals surface area contributed by atoms with Crippen molar-refractivity contribution in [3.8, 4) is 5.75 Å². The van der Waals surface area contributed by atoms with Crippen LogP contribution in [0.25, 0.3) is 5.70 Å². The fourth-order valence-electron chi connectivity index (χ4n) is 4.39. The fraction of sp³-hybridized carbons (Fsp3) is 0.125. The molecule has 2 aliphatic heterocycles. The van der Waals surface area contributed by atoms with E-state index in [1.807, 2.05) is 47.3 Å². The van der Waals surface area contributed by atoms with Crippen LogP contribution in [0.2, 0.25) is 5.02 Å². The van der Waals surface area contributed by atoms with Crippen molar-refractivity contribution < 1.29 is 4.74 Å². The van der Waals surface area contributed by atoms with Crippen LogP contribution in [0.4, 0.5) is 5.95 Å². The molecule has 31 heavy (non-hydrogen) atoms. The summed E-state index contributed by atoms with van der Waals surface area (Å²) in [6, 6.07) is 17.8. The first-order valence-electron chi connectivity index (χ1n) is 10.0. The lowest BCUT2D eigenvalue weighted by atomic mass is 9.85. The number of nitrogens with one attached hydrogen (secondary N) is 1. The molecule has 4 aromatic rings. The molecular weight excluding hydrogens is 410 g/mol. The van der Waals surface area contributed by atoms with Gasteiger partial charge in [-0.05, 0) is 48.4 Å².